The van der Waals surface area contributed by atoms with E-state index in [1.165, 1.54) is 0 Å². The van der Waals surface area contributed by atoms with Crippen LogP contribution in [0.5, 0.6) is 0 Å². The highest BCUT2D eigenvalue weighted by molar-refractivity contribution is 5.79. The Bertz CT molecular complexity index is 235. The van der Waals surface area contributed by atoms with Crippen molar-refractivity contribution in [3.63, 3.8) is 0 Å². The Morgan fingerprint density at radius 2 is 2.00 bits per heavy atom. The number of nitrogens with two attached hydrogens (primary N) is 1. The lowest BCUT2D eigenvalue weighted by atomic mass is 10.0. The van der Waals surface area contributed by atoms with Gasteiger partial charge in [0.2, 0.25) is 5.91 Å². The van der Waals surface area contributed by atoms with Gasteiger partial charge in [0.05, 0.1) is 5.92 Å². The number of nitrogens with one attached hydrogen (secondary N) is 2. The molecule has 0 heterocycles. The van der Waals surface area contributed by atoms with Crippen LogP contribution >= 0.6 is 0 Å². The molecule has 0 bridgehead atoms. The molecule has 2 atom stereocenters. The summed E-state index contributed by atoms with van der Waals surface area (Å²) in [6.45, 7) is 7.82. The van der Waals surface area contributed by atoms with Gasteiger partial charge in [0.15, 0.2) is 0 Å². The summed E-state index contributed by atoms with van der Waals surface area (Å²) in [6, 6.07) is 0.0653. The van der Waals surface area contributed by atoms with Crippen LogP contribution in [0.25, 0.3) is 0 Å². The zero-order valence-electron chi connectivity index (χ0n) is 10.7. The van der Waals surface area contributed by atoms with Gasteiger partial charge >= 0.3 is 0 Å². The van der Waals surface area contributed by atoms with E-state index in [4.69, 9.17) is 5.73 Å². The first kappa shape index (κ1) is 13.5. The first-order valence-corrected chi connectivity index (χ1v) is 6.18. The predicted octanol–water partition coefficient (Wildman–Crippen LogP) is 0.618. The maximum absolute atomic E-state index is 11.8. The maximum atomic E-state index is 11.8. The van der Waals surface area contributed by atoms with Crippen LogP contribution in [-0.2, 0) is 4.79 Å². The summed E-state index contributed by atoms with van der Waals surface area (Å²) in [7, 11) is 0. The van der Waals surface area contributed by atoms with E-state index in [0.717, 1.165) is 25.8 Å². The standard InChI is InChI=1S/C12H25N3O/c1-12(2,3)15-8-7-14-11(16)9-5-4-6-10(9)13/h9-10,15H,4-8,13H2,1-3H3,(H,14,16)/t9-,10+/m1/s1. The highest BCUT2D eigenvalue weighted by Crippen LogP contribution is 2.23. The zero-order valence-corrected chi connectivity index (χ0v) is 10.7. The Hall–Kier alpha value is -0.610. The number of hydrogen-bond donors (Lipinski definition) is 3. The molecule has 4 heteroatoms. The van der Waals surface area contributed by atoms with E-state index < -0.39 is 0 Å². The molecule has 0 saturated heterocycles. The molecule has 0 radical (unpaired) electrons. The van der Waals surface area contributed by atoms with Crippen molar-refractivity contribution in [1.29, 1.82) is 0 Å². The van der Waals surface area contributed by atoms with Gasteiger partial charge in [0, 0.05) is 24.7 Å². The third kappa shape index (κ3) is 4.49. The van der Waals surface area contributed by atoms with Crippen molar-refractivity contribution in [2.45, 2.75) is 51.6 Å². The van der Waals surface area contributed by atoms with E-state index in [9.17, 15) is 4.79 Å². The summed E-state index contributed by atoms with van der Waals surface area (Å²) in [5.74, 6) is 0.162. The molecule has 16 heavy (non-hydrogen) atoms. The lowest BCUT2D eigenvalue weighted by Crippen LogP contribution is -2.44. The van der Waals surface area contributed by atoms with Crippen molar-refractivity contribution in [2.75, 3.05) is 13.1 Å². The van der Waals surface area contributed by atoms with Crippen LogP contribution in [0.3, 0.4) is 0 Å². The first-order chi connectivity index (χ1) is 7.40. The van der Waals surface area contributed by atoms with Crippen LogP contribution in [0.2, 0.25) is 0 Å². The average Bonchev–Trinajstić information content (AvgIpc) is 2.57. The maximum Gasteiger partial charge on any atom is 0.224 e. The Balaban J connectivity index is 2.15. The molecule has 1 rings (SSSR count). The minimum absolute atomic E-state index is 0.0367. The van der Waals surface area contributed by atoms with Crippen LogP contribution in [0.15, 0.2) is 0 Å². The van der Waals surface area contributed by atoms with Gasteiger partial charge in [-0.25, -0.2) is 0 Å². The van der Waals surface area contributed by atoms with Crippen molar-refractivity contribution >= 4 is 5.91 Å². The number of carbonyl (C=O) groups excluding carboxylic acids is 1. The Morgan fingerprint density at radius 1 is 1.31 bits per heavy atom. The minimum Gasteiger partial charge on any atom is -0.355 e. The monoisotopic (exact) mass is 227 g/mol. The normalized spacial score (nSPS) is 25.8. The van der Waals surface area contributed by atoms with Crippen LogP contribution in [-0.4, -0.2) is 30.6 Å². The molecule has 1 saturated carbocycles. The van der Waals surface area contributed by atoms with Gasteiger partial charge in [0.25, 0.3) is 0 Å². The smallest absolute Gasteiger partial charge is 0.224 e. The Kier molecular flexibility index (Phi) is 4.74. The second kappa shape index (κ2) is 5.64. The molecular formula is C12H25N3O. The summed E-state index contributed by atoms with van der Waals surface area (Å²) in [6.07, 6.45) is 3.01. The quantitative estimate of drug-likeness (QED) is 0.617. The van der Waals surface area contributed by atoms with Crippen LogP contribution < -0.4 is 16.4 Å². The predicted molar refractivity (Wildman–Crippen MR) is 66.1 cm³/mol. The molecule has 0 aromatic heterocycles. The van der Waals surface area contributed by atoms with E-state index in [0.29, 0.717) is 6.54 Å². The fourth-order valence-corrected chi connectivity index (χ4v) is 2.07. The number of amides is 1. The second-order valence-electron chi connectivity index (χ2n) is 5.67. The molecule has 0 aromatic rings. The lowest BCUT2D eigenvalue weighted by molar-refractivity contribution is -0.125. The molecule has 1 amide bonds. The van der Waals surface area contributed by atoms with E-state index in [1.54, 1.807) is 0 Å². The Morgan fingerprint density at radius 3 is 2.50 bits per heavy atom. The summed E-state index contributed by atoms with van der Waals surface area (Å²) >= 11 is 0. The number of hydrogen-bond acceptors (Lipinski definition) is 3. The molecule has 1 aliphatic rings. The van der Waals surface area contributed by atoms with Gasteiger partial charge in [0.1, 0.15) is 0 Å². The van der Waals surface area contributed by atoms with Crippen molar-refractivity contribution in [1.82, 2.24) is 10.6 Å². The zero-order chi connectivity index (χ0) is 12.2. The first-order valence-electron chi connectivity index (χ1n) is 6.18. The van der Waals surface area contributed by atoms with E-state index in [1.807, 2.05) is 0 Å². The summed E-state index contributed by atoms with van der Waals surface area (Å²) in [5.41, 5.74) is 5.98. The molecule has 4 nitrogen and oxygen atoms in total. The highest BCUT2D eigenvalue weighted by atomic mass is 16.1. The van der Waals surface area contributed by atoms with E-state index in [-0.39, 0.29) is 23.4 Å². The fraction of sp³-hybridized carbons (Fsp3) is 0.917. The second-order valence-corrected chi connectivity index (χ2v) is 5.67. The molecule has 0 unspecified atom stereocenters. The molecule has 0 aliphatic heterocycles. The van der Waals surface area contributed by atoms with Crippen LogP contribution in [0, 0.1) is 5.92 Å². The summed E-state index contributed by atoms with van der Waals surface area (Å²) in [5, 5.41) is 6.28. The summed E-state index contributed by atoms with van der Waals surface area (Å²) in [4.78, 5) is 11.8. The van der Waals surface area contributed by atoms with Crippen molar-refractivity contribution in [3.8, 4) is 0 Å². The number of carbonyl (C=O) groups is 1. The highest BCUT2D eigenvalue weighted by Gasteiger charge is 2.29. The molecule has 94 valence electrons. The third-order valence-electron chi connectivity index (χ3n) is 2.99. The summed E-state index contributed by atoms with van der Waals surface area (Å²) < 4.78 is 0. The van der Waals surface area contributed by atoms with Gasteiger partial charge in [-0.2, -0.15) is 0 Å². The van der Waals surface area contributed by atoms with Crippen molar-refractivity contribution < 1.29 is 4.79 Å². The molecule has 4 N–H and O–H groups in total. The number of rotatable bonds is 4. The Labute approximate surface area is 98.3 Å². The fourth-order valence-electron chi connectivity index (χ4n) is 2.07. The van der Waals surface area contributed by atoms with Crippen LogP contribution in [0.4, 0.5) is 0 Å². The third-order valence-corrected chi connectivity index (χ3v) is 2.99. The lowest BCUT2D eigenvalue weighted by Gasteiger charge is -2.21. The van der Waals surface area contributed by atoms with Crippen LogP contribution in [0.1, 0.15) is 40.0 Å². The van der Waals surface area contributed by atoms with Crippen molar-refractivity contribution in [2.24, 2.45) is 11.7 Å². The van der Waals surface area contributed by atoms with Gasteiger partial charge < -0.3 is 16.4 Å². The van der Waals surface area contributed by atoms with E-state index in [2.05, 4.69) is 31.4 Å². The molecule has 0 spiro atoms. The van der Waals surface area contributed by atoms with Crippen molar-refractivity contribution in [3.05, 3.63) is 0 Å². The minimum atomic E-state index is 0.0367. The average molecular weight is 227 g/mol. The van der Waals surface area contributed by atoms with E-state index >= 15 is 0 Å². The molecule has 1 aliphatic carbocycles. The molecule has 1 fully saturated rings. The molecule has 0 aromatic carbocycles. The van der Waals surface area contributed by atoms with Gasteiger partial charge in [-0.1, -0.05) is 6.42 Å². The van der Waals surface area contributed by atoms with Gasteiger partial charge in [-0.15, -0.1) is 0 Å². The molecular weight excluding hydrogens is 202 g/mol. The topological polar surface area (TPSA) is 67.1 Å². The van der Waals surface area contributed by atoms with Gasteiger partial charge in [-0.3, -0.25) is 4.79 Å². The largest absolute Gasteiger partial charge is 0.355 e. The SMILES string of the molecule is CC(C)(C)NCCNC(=O)[C@@H]1CCC[C@@H]1N. The van der Waals surface area contributed by atoms with Gasteiger partial charge in [-0.05, 0) is 33.6 Å².